The Morgan fingerprint density at radius 2 is 2.31 bits per heavy atom. The second-order valence-corrected chi connectivity index (χ2v) is 4.31. The van der Waals surface area contributed by atoms with Crippen LogP contribution in [0.1, 0.15) is 5.56 Å². The number of hydrogen-bond acceptors (Lipinski definition) is 4. The van der Waals surface area contributed by atoms with E-state index >= 15 is 0 Å². The first-order chi connectivity index (χ1) is 7.81. The normalized spacial score (nSPS) is 10.9. The molecule has 0 aliphatic carbocycles. The molecule has 2 N–H and O–H groups in total. The number of rotatable bonds is 4. The molecular weight excluding hydrogens is 222 g/mol. The summed E-state index contributed by atoms with van der Waals surface area (Å²) >= 11 is 1.65. The molecular formula is C12H15NO2S. The molecule has 0 atom stereocenters. The highest BCUT2D eigenvalue weighted by atomic mass is 32.2. The van der Waals surface area contributed by atoms with E-state index in [4.69, 9.17) is 14.9 Å². The molecule has 16 heavy (non-hydrogen) atoms. The lowest BCUT2D eigenvalue weighted by atomic mass is 10.1. The minimum absolute atomic E-state index is 0.606. The molecule has 0 bridgehead atoms. The average molecular weight is 237 g/mol. The molecule has 0 spiro atoms. The maximum atomic E-state index is 5.62. The zero-order chi connectivity index (χ0) is 11.5. The van der Waals surface area contributed by atoms with Crippen LogP contribution in [0.25, 0.3) is 11.0 Å². The Bertz CT molecular complexity index is 493. The molecule has 1 aromatic heterocycles. The van der Waals surface area contributed by atoms with Crippen molar-refractivity contribution in [2.45, 2.75) is 11.3 Å². The van der Waals surface area contributed by atoms with Crippen molar-refractivity contribution in [3.05, 3.63) is 24.0 Å². The zero-order valence-corrected chi connectivity index (χ0v) is 10.3. The summed E-state index contributed by atoms with van der Waals surface area (Å²) in [6.07, 6.45) is 4.54. The van der Waals surface area contributed by atoms with E-state index in [-0.39, 0.29) is 0 Å². The monoisotopic (exact) mass is 237 g/mol. The van der Waals surface area contributed by atoms with Gasteiger partial charge in [-0.15, -0.1) is 11.8 Å². The van der Waals surface area contributed by atoms with Crippen molar-refractivity contribution in [3.63, 3.8) is 0 Å². The van der Waals surface area contributed by atoms with Crippen molar-refractivity contribution >= 4 is 22.7 Å². The minimum atomic E-state index is 0.606. The second kappa shape index (κ2) is 4.80. The van der Waals surface area contributed by atoms with Gasteiger partial charge in [-0.1, -0.05) is 0 Å². The van der Waals surface area contributed by atoms with Crippen LogP contribution in [0.2, 0.25) is 0 Å². The van der Waals surface area contributed by atoms with Crippen molar-refractivity contribution in [1.29, 1.82) is 0 Å². The first kappa shape index (κ1) is 11.4. The summed E-state index contributed by atoms with van der Waals surface area (Å²) in [5.41, 5.74) is 7.68. The Morgan fingerprint density at radius 3 is 2.94 bits per heavy atom. The van der Waals surface area contributed by atoms with Gasteiger partial charge in [-0.05, 0) is 31.4 Å². The molecule has 0 aliphatic heterocycles. The molecule has 0 unspecified atom stereocenters. The fourth-order valence-electron chi connectivity index (χ4n) is 1.88. The summed E-state index contributed by atoms with van der Waals surface area (Å²) in [5.74, 6) is 0.892. The maximum Gasteiger partial charge on any atom is 0.147 e. The van der Waals surface area contributed by atoms with Gasteiger partial charge in [0.2, 0.25) is 0 Å². The maximum absolute atomic E-state index is 5.62. The Kier molecular flexibility index (Phi) is 3.41. The molecule has 0 fully saturated rings. The zero-order valence-electron chi connectivity index (χ0n) is 9.45. The SMILES string of the molecule is COc1cc(SC)c2occc2c1CCN. The van der Waals surface area contributed by atoms with E-state index in [0.717, 1.165) is 33.6 Å². The van der Waals surface area contributed by atoms with Gasteiger partial charge >= 0.3 is 0 Å². The summed E-state index contributed by atoms with van der Waals surface area (Å²) in [4.78, 5) is 1.10. The van der Waals surface area contributed by atoms with Crippen LogP contribution in [-0.4, -0.2) is 19.9 Å². The van der Waals surface area contributed by atoms with Crippen LogP contribution >= 0.6 is 11.8 Å². The van der Waals surface area contributed by atoms with Crippen molar-refractivity contribution in [3.8, 4) is 5.75 Å². The molecule has 1 aromatic carbocycles. The molecule has 4 heteroatoms. The van der Waals surface area contributed by atoms with Crippen LogP contribution < -0.4 is 10.5 Å². The van der Waals surface area contributed by atoms with E-state index in [0.29, 0.717) is 6.54 Å². The molecule has 0 saturated heterocycles. The summed E-state index contributed by atoms with van der Waals surface area (Å²) in [7, 11) is 1.69. The summed E-state index contributed by atoms with van der Waals surface area (Å²) in [6.45, 7) is 0.606. The predicted octanol–water partition coefficient (Wildman–Crippen LogP) is 2.66. The van der Waals surface area contributed by atoms with Gasteiger partial charge in [0.25, 0.3) is 0 Å². The third-order valence-corrected chi connectivity index (χ3v) is 3.35. The van der Waals surface area contributed by atoms with E-state index in [2.05, 4.69) is 0 Å². The standard InChI is InChI=1S/C12H15NO2S/c1-14-10-7-11(16-2)12-9(4-6-15-12)8(10)3-5-13/h4,6-7H,3,5,13H2,1-2H3. The number of furan rings is 1. The molecule has 0 amide bonds. The van der Waals surface area contributed by atoms with E-state index in [1.54, 1.807) is 25.1 Å². The van der Waals surface area contributed by atoms with Crippen LogP contribution in [0.5, 0.6) is 5.75 Å². The Balaban J connectivity index is 2.69. The van der Waals surface area contributed by atoms with Gasteiger partial charge < -0.3 is 14.9 Å². The third-order valence-electron chi connectivity index (χ3n) is 2.61. The fourth-order valence-corrected chi connectivity index (χ4v) is 2.45. The number of nitrogens with two attached hydrogens (primary N) is 1. The van der Waals surface area contributed by atoms with Gasteiger partial charge in [0, 0.05) is 10.9 Å². The van der Waals surface area contributed by atoms with Crippen molar-refractivity contribution in [1.82, 2.24) is 0 Å². The van der Waals surface area contributed by atoms with Crippen LogP contribution in [0.15, 0.2) is 27.7 Å². The highest BCUT2D eigenvalue weighted by molar-refractivity contribution is 7.98. The van der Waals surface area contributed by atoms with Crippen LogP contribution in [-0.2, 0) is 6.42 Å². The Hall–Kier alpha value is -1.13. The van der Waals surface area contributed by atoms with Crippen LogP contribution in [0, 0.1) is 0 Å². The largest absolute Gasteiger partial charge is 0.496 e. The predicted molar refractivity (Wildman–Crippen MR) is 67.3 cm³/mol. The van der Waals surface area contributed by atoms with E-state index in [1.165, 1.54) is 0 Å². The summed E-state index contributed by atoms with van der Waals surface area (Å²) in [5, 5.41) is 1.11. The molecule has 2 aromatic rings. The highest BCUT2D eigenvalue weighted by Gasteiger charge is 2.14. The minimum Gasteiger partial charge on any atom is -0.496 e. The number of ether oxygens (including phenoxy) is 1. The lowest BCUT2D eigenvalue weighted by Gasteiger charge is -2.10. The van der Waals surface area contributed by atoms with Crippen LogP contribution in [0.4, 0.5) is 0 Å². The van der Waals surface area contributed by atoms with E-state index in [1.807, 2.05) is 18.4 Å². The second-order valence-electron chi connectivity index (χ2n) is 3.46. The topological polar surface area (TPSA) is 48.4 Å². The number of hydrogen-bond donors (Lipinski definition) is 1. The van der Waals surface area contributed by atoms with Gasteiger partial charge in [0.05, 0.1) is 18.3 Å². The van der Waals surface area contributed by atoms with E-state index in [9.17, 15) is 0 Å². The van der Waals surface area contributed by atoms with Gasteiger partial charge in [0.15, 0.2) is 0 Å². The van der Waals surface area contributed by atoms with Crippen molar-refractivity contribution in [2.75, 3.05) is 19.9 Å². The van der Waals surface area contributed by atoms with Gasteiger partial charge in [0.1, 0.15) is 11.3 Å². The molecule has 2 rings (SSSR count). The van der Waals surface area contributed by atoms with E-state index < -0.39 is 0 Å². The average Bonchev–Trinajstić information content (AvgIpc) is 2.78. The lowest BCUT2D eigenvalue weighted by Crippen LogP contribution is -2.04. The first-order valence-electron chi connectivity index (χ1n) is 5.13. The first-order valence-corrected chi connectivity index (χ1v) is 6.35. The number of benzene rings is 1. The molecule has 1 heterocycles. The molecule has 0 saturated carbocycles. The highest BCUT2D eigenvalue weighted by Crippen LogP contribution is 2.36. The third kappa shape index (κ3) is 1.79. The quantitative estimate of drug-likeness (QED) is 0.830. The number of thioether (sulfide) groups is 1. The van der Waals surface area contributed by atoms with Gasteiger partial charge in [-0.2, -0.15) is 0 Å². The van der Waals surface area contributed by atoms with Gasteiger partial charge in [-0.3, -0.25) is 0 Å². The molecule has 0 aliphatic rings. The van der Waals surface area contributed by atoms with Gasteiger partial charge in [-0.25, -0.2) is 0 Å². The molecule has 86 valence electrons. The Labute approximate surface area is 98.9 Å². The summed E-state index contributed by atoms with van der Waals surface area (Å²) < 4.78 is 10.9. The molecule has 0 radical (unpaired) electrons. The number of methoxy groups -OCH3 is 1. The number of fused-ring (bicyclic) bond motifs is 1. The Morgan fingerprint density at radius 1 is 1.50 bits per heavy atom. The fraction of sp³-hybridized carbons (Fsp3) is 0.333. The molecule has 3 nitrogen and oxygen atoms in total. The lowest BCUT2D eigenvalue weighted by molar-refractivity contribution is 0.409. The van der Waals surface area contributed by atoms with Crippen molar-refractivity contribution in [2.24, 2.45) is 5.73 Å². The van der Waals surface area contributed by atoms with Crippen LogP contribution in [0.3, 0.4) is 0 Å². The summed E-state index contributed by atoms with van der Waals surface area (Å²) in [6, 6.07) is 3.99. The smallest absolute Gasteiger partial charge is 0.147 e. The van der Waals surface area contributed by atoms with Crippen molar-refractivity contribution < 1.29 is 9.15 Å².